The lowest BCUT2D eigenvalue weighted by atomic mass is 10.0. The van der Waals surface area contributed by atoms with E-state index in [0.29, 0.717) is 23.4 Å². The van der Waals surface area contributed by atoms with Gasteiger partial charge in [0.2, 0.25) is 0 Å². The fraction of sp³-hybridized carbons (Fsp3) is 0.762. The van der Waals surface area contributed by atoms with Crippen LogP contribution in [0, 0.1) is 11.8 Å². The van der Waals surface area contributed by atoms with Crippen molar-refractivity contribution in [3.63, 3.8) is 0 Å². The van der Waals surface area contributed by atoms with Gasteiger partial charge in [0, 0.05) is 6.42 Å². The van der Waals surface area contributed by atoms with Gasteiger partial charge in [-0.1, -0.05) is 77.2 Å². The number of quaternary nitrogens is 1. The van der Waals surface area contributed by atoms with Gasteiger partial charge < -0.3 is 16.9 Å². The maximum absolute atomic E-state index is 12.0. The molecule has 0 aliphatic heterocycles. The Morgan fingerprint density at radius 2 is 1.46 bits per heavy atom. The number of rotatable bonds is 14. The second-order valence-corrected chi connectivity index (χ2v) is 7.25. The third kappa shape index (κ3) is 17.6. The molecule has 0 aromatic rings. The first-order valence-electron chi connectivity index (χ1n) is 9.45. The first-order chi connectivity index (χ1) is 11.0. The van der Waals surface area contributed by atoms with E-state index in [9.17, 15) is 4.79 Å². The van der Waals surface area contributed by atoms with Crippen molar-refractivity contribution in [2.75, 3.05) is 27.2 Å². The molecule has 0 saturated carbocycles. The minimum atomic E-state index is 0. The predicted molar refractivity (Wildman–Crippen MR) is 101 cm³/mol. The zero-order valence-corrected chi connectivity index (χ0v) is 17.0. The lowest BCUT2D eigenvalue weighted by Crippen LogP contribution is -3.00. The third-order valence-electron chi connectivity index (χ3n) is 4.12. The van der Waals surface area contributed by atoms with Crippen LogP contribution in [0.3, 0.4) is 0 Å². The van der Waals surface area contributed by atoms with E-state index >= 15 is 0 Å². The van der Waals surface area contributed by atoms with Gasteiger partial charge in [-0.3, -0.25) is 4.79 Å². The van der Waals surface area contributed by atoms with E-state index in [2.05, 4.69) is 39.4 Å². The number of allylic oxidation sites excluding steroid dienone is 1. The van der Waals surface area contributed by atoms with Gasteiger partial charge in [-0.2, -0.15) is 0 Å². The molecular weight excluding hydrogens is 318 g/mol. The van der Waals surface area contributed by atoms with Gasteiger partial charge in [0.15, 0.2) is 5.78 Å². The van der Waals surface area contributed by atoms with E-state index in [0.717, 1.165) is 12.8 Å². The Morgan fingerprint density at radius 1 is 0.958 bits per heavy atom. The largest absolute Gasteiger partial charge is 1.00 e. The van der Waals surface area contributed by atoms with E-state index in [1.165, 1.54) is 57.8 Å². The quantitative estimate of drug-likeness (QED) is 0.265. The Labute approximate surface area is 157 Å². The van der Waals surface area contributed by atoms with Crippen LogP contribution >= 0.6 is 0 Å². The molecule has 0 radical (unpaired) electrons. The van der Waals surface area contributed by atoms with Gasteiger partial charge >= 0.3 is 0 Å². The summed E-state index contributed by atoms with van der Waals surface area (Å²) in [6.45, 7) is 7.13. The Hall–Kier alpha value is -0.780. The van der Waals surface area contributed by atoms with Gasteiger partial charge in [0.1, 0.15) is 13.1 Å². The van der Waals surface area contributed by atoms with Gasteiger partial charge in [-0.15, -0.1) is 0 Å². The van der Waals surface area contributed by atoms with Crippen molar-refractivity contribution in [2.24, 2.45) is 0 Å². The summed E-state index contributed by atoms with van der Waals surface area (Å²) >= 11 is 0. The van der Waals surface area contributed by atoms with Crippen LogP contribution in [0.2, 0.25) is 0 Å². The highest BCUT2D eigenvalue weighted by Gasteiger charge is 2.18. The van der Waals surface area contributed by atoms with Crippen molar-refractivity contribution < 1.29 is 21.7 Å². The van der Waals surface area contributed by atoms with Gasteiger partial charge in [0.25, 0.3) is 0 Å². The number of unbranched alkanes of at least 4 members (excludes halogenated alkanes) is 9. The summed E-state index contributed by atoms with van der Waals surface area (Å²) in [6.07, 6.45) is 15.4. The Balaban J connectivity index is 0. The fourth-order valence-electron chi connectivity index (χ4n) is 2.75. The van der Waals surface area contributed by atoms with Crippen molar-refractivity contribution in [3.05, 3.63) is 12.7 Å². The Bertz CT molecular complexity index is 379. The van der Waals surface area contributed by atoms with Crippen LogP contribution in [0.15, 0.2) is 12.7 Å². The van der Waals surface area contributed by atoms with Crippen LogP contribution in [0.25, 0.3) is 0 Å². The first-order valence-corrected chi connectivity index (χ1v) is 9.45. The fourth-order valence-corrected chi connectivity index (χ4v) is 2.75. The molecule has 0 aromatic carbocycles. The van der Waals surface area contributed by atoms with E-state index in [4.69, 9.17) is 0 Å². The highest BCUT2D eigenvalue weighted by molar-refractivity contribution is 5.79. The standard InChI is InChI=1S/C21H38NO.ClH/c1-5-7-9-10-11-12-13-14-15-16-18-21(23)20-22(3,4)19-17-8-6-2;/h6H,2,5,7,9-16,18-20H2,1,3-4H3;1H/q+1;/p-1. The molecule has 0 aliphatic carbocycles. The predicted octanol–water partition coefficient (Wildman–Crippen LogP) is 2.14. The topological polar surface area (TPSA) is 17.1 Å². The molecule has 3 heteroatoms. The van der Waals surface area contributed by atoms with Crippen LogP contribution in [-0.4, -0.2) is 37.5 Å². The molecule has 0 atom stereocenters. The van der Waals surface area contributed by atoms with E-state index < -0.39 is 0 Å². The second kappa shape index (κ2) is 17.1. The first kappa shape index (κ1) is 25.5. The molecule has 0 spiro atoms. The molecule has 0 bridgehead atoms. The molecule has 2 nitrogen and oxygen atoms in total. The average Bonchev–Trinajstić information content (AvgIpc) is 2.48. The van der Waals surface area contributed by atoms with Gasteiger partial charge in [0.05, 0.1) is 14.1 Å². The van der Waals surface area contributed by atoms with E-state index in [1.807, 2.05) is 0 Å². The summed E-state index contributed by atoms with van der Waals surface area (Å²) in [4.78, 5) is 12.0. The number of ketones is 1. The Morgan fingerprint density at radius 3 is 1.96 bits per heavy atom. The zero-order valence-electron chi connectivity index (χ0n) is 16.2. The number of hydrogen-bond acceptors (Lipinski definition) is 1. The summed E-state index contributed by atoms with van der Waals surface area (Å²) in [6, 6.07) is 0. The average molecular weight is 356 g/mol. The molecule has 0 amide bonds. The van der Waals surface area contributed by atoms with Crippen molar-refractivity contribution in [1.29, 1.82) is 0 Å². The molecule has 24 heavy (non-hydrogen) atoms. The van der Waals surface area contributed by atoms with Gasteiger partial charge in [-0.05, 0) is 18.4 Å². The maximum Gasteiger partial charge on any atom is 0.186 e. The molecule has 0 aliphatic rings. The van der Waals surface area contributed by atoms with Crippen molar-refractivity contribution in [3.8, 4) is 11.8 Å². The van der Waals surface area contributed by atoms with Crippen molar-refractivity contribution in [1.82, 2.24) is 0 Å². The van der Waals surface area contributed by atoms with E-state index in [-0.39, 0.29) is 12.4 Å². The molecule has 140 valence electrons. The lowest BCUT2D eigenvalue weighted by Gasteiger charge is -2.26. The highest BCUT2D eigenvalue weighted by atomic mass is 35.5. The number of Topliss-reactive ketones (excluding diaryl/α,β-unsaturated/α-hetero) is 1. The van der Waals surface area contributed by atoms with Crippen LogP contribution in [0.4, 0.5) is 0 Å². The minimum absolute atomic E-state index is 0. The number of nitrogens with zero attached hydrogens (tertiary/aromatic N) is 1. The lowest BCUT2D eigenvalue weighted by molar-refractivity contribution is -0.875. The molecule has 0 N–H and O–H groups in total. The number of carbonyl (C=O) groups excluding carboxylic acids is 1. The van der Waals surface area contributed by atoms with Crippen molar-refractivity contribution >= 4 is 5.78 Å². The molecule has 0 rings (SSSR count). The van der Waals surface area contributed by atoms with Crippen LogP contribution in [0.1, 0.15) is 77.6 Å². The monoisotopic (exact) mass is 355 g/mol. The summed E-state index contributed by atoms with van der Waals surface area (Å²) in [5.41, 5.74) is 0. The van der Waals surface area contributed by atoms with Crippen molar-refractivity contribution in [2.45, 2.75) is 77.6 Å². The Kier molecular flexibility index (Phi) is 18.1. The molecule has 0 saturated heterocycles. The zero-order chi connectivity index (χ0) is 17.4. The number of halogens is 1. The molecule has 0 unspecified atom stereocenters. The van der Waals surface area contributed by atoms with E-state index in [1.54, 1.807) is 6.08 Å². The molecular formula is C21H38ClNO. The molecule has 0 heterocycles. The molecule has 0 aromatic heterocycles. The smallest absolute Gasteiger partial charge is 0.186 e. The third-order valence-corrected chi connectivity index (χ3v) is 4.12. The van der Waals surface area contributed by atoms with Gasteiger partial charge in [-0.25, -0.2) is 0 Å². The van der Waals surface area contributed by atoms with Crippen LogP contribution in [0.5, 0.6) is 0 Å². The molecule has 0 fully saturated rings. The summed E-state index contributed by atoms with van der Waals surface area (Å²) in [7, 11) is 4.13. The normalized spacial score (nSPS) is 10.5. The van der Waals surface area contributed by atoms with Crippen LogP contribution in [-0.2, 0) is 4.79 Å². The summed E-state index contributed by atoms with van der Waals surface area (Å²) in [5.74, 6) is 6.26. The highest BCUT2D eigenvalue weighted by Crippen LogP contribution is 2.11. The summed E-state index contributed by atoms with van der Waals surface area (Å²) in [5, 5.41) is 0. The number of likely N-dealkylation sites (N-methyl/N-ethyl adjacent to an activating group) is 1. The minimum Gasteiger partial charge on any atom is -1.00 e. The SMILES string of the molecule is C=CC#CC[N+](C)(C)CC(=O)CCCCCCCCCCCC.[Cl-]. The number of carbonyl (C=O) groups is 1. The van der Waals surface area contributed by atoms with Crippen LogP contribution < -0.4 is 12.4 Å². The number of hydrogen-bond donors (Lipinski definition) is 0. The summed E-state index contributed by atoms with van der Waals surface area (Å²) < 4.78 is 0.650. The second-order valence-electron chi connectivity index (χ2n) is 7.25. The maximum atomic E-state index is 12.0.